The average molecular weight is 469 g/mol. The van der Waals surface area contributed by atoms with Crippen LogP contribution in [0.2, 0.25) is 0 Å². The Morgan fingerprint density at radius 3 is 2.52 bits per heavy atom. The zero-order valence-electron chi connectivity index (χ0n) is 14.2. The zero-order valence-corrected chi connectivity index (χ0v) is 17.4. The molecule has 0 aromatic heterocycles. The van der Waals surface area contributed by atoms with Crippen molar-refractivity contribution in [2.75, 3.05) is 25.6 Å². The van der Waals surface area contributed by atoms with Gasteiger partial charge in [0, 0.05) is 24.3 Å². The van der Waals surface area contributed by atoms with Crippen molar-refractivity contribution in [3.8, 4) is 5.75 Å². The molecule has 0 saturated carbocycles. The number of benzene rings is 2. The first-order chi connectivity index (χ1) is 11.9. The van der Waals surface area contributed by atoms with Gasteiger partial charge in [0.05, 0.1) is 10.7 Å². The van der Waals surface area contributed by atoms with Gasteiger partial charge in [-0.2, -0.15) is 5.10 Å². The van der Waals surface area contributed by atoms with E-state index in [0.717, 1.165) is 25.8 Å². The van der Waals surface area contributed by atoms with Gasteiger partial charge in [-0.3, -0.25) is 4.79 Å². The fourth-order valence-electron chi connectivity index (χ4n) is 2.08. The van der Waals surface area contributed by atoms with Crippen molar-refractivity contribution in [2.45, 2.75) is 6.92 Å². The molecular formula is C18H19Br2N3O2. The van der Waals surface area contributed by atoms with Gasteiger partial charge in [0.15, 0.2) is 6.61 Å². The normalized spacial score (nSPS) is 10.8. The SMILES string of the molecule is Cc1cc(Br)cc(Br)c1OCC(=O)NN=Cc1ccc(N(C)C)cc1. The lowest BCUT2D eigenvalue weighted by Gasteiger charge is -2.11. The molecule has 0 bridgehead atoms. The number of ether oxygens (including phenoxy) is 1. The summed E-state index contributed by atoms with van der Waals surface area (Å²) >= 11 is 6.84. The van der Waals surface area contributed by atoms with Crippen molar-refractivity contribution in [1.29, 1.82) is 0 Å². The van der Waals surface area contributed by atoms with Crippen molar-refractivity contribution in [3.05, 3.63) is 56.5 Å². The zero-order chi connectivity index (χ0) is 18.4. The first-order valence-corrected chi connectivity index (χ1v) is 9.13. The lowest BCUT2D eigenvalue weighted by atomic mass is 10.2. The standard InChI is InChI=1S/C18H19Br2N3O2/c1-12-8-14(19)9-16(20)18(12)25-11-17(24)22-21-10-13-4-6-15(7-5-13)23(2)3/h4-10H,11H2,1-3H3,(H,22,24). The number of anilines is 1. The number of hydrogen-bond donors (Lipinski definition) is 1. The van der Waals surface area contributed by atoms with E-state index in [0.29, 0.717) is 5.75 Å². The van der Waals surface area contributed by atoms with Crippen LogP contribution < -0.4 is 15.1 Å². The number of rotatable bonds is 6. The van der Waals surface area contributed by atoms with Crippen LogP contribution in [0.15, 0.2) is 50.4 Å². The number of nitrogens with one attached hydrogen (secondary N) is 1. The summed E-state index contributed by atoms with van der Waals surface area (Å²) in [6.07, 6.45) is 1.60. The molecule has 2 aromatic rings. The second kappa shape index (κ2) is 9.01. The van der Waals surface area contributed by atoms with Gasteiger partial charge in [-0.15, -0.1) is 0 Å². The fourth-order valence-corrected chi connectivity index (χ4v) is 3.63. The molecule has 2 aromatic carbocycles. The van der Waals surface area contributed by atoms with Crippen LogP contribution in [0.3, 0.4) is 0 Å². The van der Waals surface area contributed by atoms with Crippen LogP contribution in [0.1, 0.15) is 11.1 Å². The van der Waals surface area contributed by atoms with E-state index in [1.54, 1.807) is 6.21 Å². The summed E-state index contributed by atoms with van der Waals surface area (Å²) in [6.45, 7) is 1.80. The third-order valence-electron chi connectivity index (χ3n) is 3.35. The monoisotopic (exact) mass is 467 g/mol. The molecule has 0 saturated heterocycles. The minimum Gasteiger partial charge on any atom is -0.482 e. The molecule has 0 atom stereocenters. The third-order valence-corrected chi connectivity index (χ3v) is 4.40. The smallest absolute Gasteiger partial charge is 0.277 e. The minimum absolute atomic E-state index is 0.113. The highest BCUT2D eigenvalue weighted by Crippen LogP contribution is 2.32. The van der Waals surface area contributed by atoms with Crippen molar-refractivity contribution >= 4 is 49.7 Å². The first-order valence-electron chi connectivity index (χ1n) is 7.54. The fraction of sp³-hybridized carbons (Fsp3) is 0.222. The first kappa shape index (κ1) is 19.5. The van der Waals surface area contributed by atoms with E-state index >= 15 is 0 Å². The van der Waals surface area contributed by atoms with E-state index in [4.69, 9.17) is 4.74 Å². The number of halogens is 2. The molecule has 2 rings (SSSR count). The van der Waals surface area contributed by atoms with Gasteiger partial charge >= 0.3 is 0 Å². The summed E-state index contributed by atoms with van der Waals surface area (Å²) in [6, 6.07) is 11.6. The van der Waals surface area contributed by atoms with Crippen LogP contribution in [0, 0.1) is 6.92 Å². The molecule has 0 aliphatic heterocycles. The Bertz CT molecular complexity index is 751. The number of aryl methyl sites for hydroxylation is 1. The average Bonchev–Trinajstić information content (AvgIpc) is 2.54. The summed E-state index contributed by atoms with van der Waals surface area (Å²) in [4.78, 5) is 13.9. The van der Waals surface area contributed by atoms with Crippen molar-refractivity contribution in [3.63, 3.8) is 0 Å². The van der Waals surface area contributed by atoms with E-state index in [-0.39, 0.29) is 12.5 Å². The Kier molecular flexibility index (Phi) is 7.01. The predicted octanol–water partition coefficient (Wildman–Crippen LogP) is 4.12. The topological polar surface area (TPSA) is 53.9 Å². The predicted molar refractivity (Wildman–Crippen MR) is 109 cm³/mol. The van der Waals surface area contributed by atoms with E-state index in [2.05, 4.69) is 42.4 Å². The van der Waals surface area contributed by atoms with Crippen LogP contribution in [-0.2, 0) is 4.79 Å². The van der Waals surface area contributed by atoms with Gasteiger partial charge < -0.3 is 9.64 Å². The molecule has 0 unspecified atom stereocenters. The Labute approximate surface area is 164 Å². The number of amides is 1. The molecule has 0 spiro atoms. The highest BCUT2D eigenvalue weighted by atomic mass is 79.9. The van der Waals surface area contributed by atoms with Crippen molar-refractivity contribution in [1.82, 2.24) is 5.43 Å². The summed E-state index contributed by atoms with van der Waals surface area (Å²) in [5.74, 6) is 0.317. The second-order valence-electron chi connectivity index (χ2n) is 5.60. The summed E-state index contributed by atoms with van der Waals surface area (Å²) in [7, 11) is 3.96. The van der Waals surface area contributed by atoms with Gasteiger partial charge in [-0.1, -0.05) is 28.1 Å². The van der Waals surface area contributed by atoms with E-state index in [9.17, 15) is 4.79 Å². The minimum atomic E-state index is -0.324. The molecule has 1 amide bonds. The quantitative estimate of drug-likeness (QED) is 0.512. The van der Waals surface area contributed by atoms with Gasteiger partial charge in [0.2, 0.25) is 0 Å². The summed E-state index contributed by atoms with van der Waals surface area (Å²) < 4.78 is 7.30. The highest BCUT2D eigenvalue weighted by molar-refractivity contribution is 9.11. The van der Waals surface area contributed by atoms with Crippen LogP contribution in [-0.4, -0.2) is 32.8 Å². The second-order valence-corrected chi connectivity index (χ2v) is 7.37. The molecule has 0 radical (unpaired) electrons. The van der Waals surface area contributed by atoms with Gasteiger partial charge in [-0.25, -0.2) is 5.43 Å². The third kappa shape index (κ3) is 5.86. The van der Waals surface area contributed by atoms with E-state index in [1.165, 1.54) is 0 Å². The molecular weight excluding hydrogens is 450 g/mol. The lowest BCUT2D eigenvalue weighted by molar-refractivity contribution is -0.123. The van der Waals surface area contributed by atoms with Gasteiger partial charge in [0.1, 0.15) is 5.75 Å². The number of carbonyl (C=O) groups excluding carboxylic acids is 1. The van der Waals surface area contributed by atoms with Crippen LogP contribution in [0.4, 0.5) is 5.69 Å². The Hall–Kier alpha value is -1.86. The molecule has 0 aliphatic rings. The molecule has 132 valence electrons. The van der Waals surface area contributed by atoms with Gasteiger partial charge in [-0.05, 0) is 58.2 Å². The van der Waals surface area contributed by atoms with E-state index < -0.39 is 0 Å². The van der Waals surface area contributed by atoms with Crippen LogP contribution in [0.25, 0.3) is 0 Å². The van der Waals surface area contributed by atoms with Crippen LogP contribution in [0.5, 0.6) is 5.75 Å². The number of carbonyl (C=O) groups is 1. The number of hydrogen-bond acceptors (Lipinski definition) is 4. The lowest BCUT2D eigenvalue weighted by Crippen LogP contribution is -2.24. The maximum atomic E-state index is 11.9. The molecule has 0 aliphatic carbocycles. The maximum absolute atomic E-state index is 11.9. The summed E-state index contributed by atoms with van der Waals surface area (Å²) in [5.41, 5.74) is 5.39. The molecule has 0 fully saturated rings. The molecule has 5 nitrogen and oxygen atoms in total. The number of nitrogens with zero attached hydrogens (tertiary/aromatic N) is 2. The van der Waals surface area contributed by atoms with Crippen molar-refractivity contribution in [2.24, 2.45) is 5.10 Å². The highest BCUT2D eigenvalue weighted by Gasteiger charge is 2.09. The number of hydrazone groups is 1. The van der Waals surface area contributed by atoms with Crippen LogP contribution >= 0.6 is 31.9 Å². The largest absolute Gasteiger partial charge is 0.482 e. The Morgan fingerprint density at radius 2 is 1.92 bits per heavy atom. The Balaban J connectivity index is 1.86. The maximum Gasteiger partial charge on any atom is 0.277 e. The Morgan fingerprint density at radius 1 is 1.24 bits per heavy atom. The molecule has 0 heterocycles. The van der Waals surface area contributed by atoms with E-state index in [1.807, 2.05) is 62.3 Å². The molecule has 7 heteroatoms. The molecule has 1 N–H and O–H groups in total. The summed E-state index contributed by atoms with van der Waals surface area (Å²) in [5, 5.41) is 3.95. The van der Waals surface area contributed by atoms with Gasteiger partial charge in [0.25, 0.3) is 5.91 Å². The van der Waals surface area contributed by atoms with Crippen molar-refractivity contribution < 1.29 is 9.53 Å². The molecule has 25 heavy (non-hydrogen) atoms.